The summed E-state index contributed by atoms with van der Waals surface area (Å²) in [6.45, 7) is 5.18. The summed E-state index contributed by atoms with van der Waals surface area (Å²) >= 11 is 2.21. The minimum Gasteiger partial charge on any atom is -0.340 e. The molecule has 2 amide bonds. The quantitative estimate of drug-likeness (QED) is 0.780. The highest BCUT2D eigenvalue weighted by Gasteiger charge is 2.43. The first-order valence-electron chi connectivity index (χ1n) is 5.74. The molecule has 1 heterocycles. The molecule has 1 fully saturated rings. The van der Waals surface area contributed by atoms with Gasteiger partial charge >= 0.3 is 0 Å². The lowest BCUT2D eigenvalue weighted by molar-refractivity contribution is -0.136. The molecule has 1 N–H and O–H groups in total. The van der Waals surface area contributed by atoms with Crippen molar-refractivity contribution in [2.75, 3.05) is 4.90 Å². The van der Waals surface area contributed by atoms with Crippen LogP contribution in [0.5, 0.6) is 0 Å². The highest BCUT2D eigenvalue weighted by atomic mass is 127. The van der Waals surface area contributed by atoms with Crippen LogP contribution in [0.3, 0.4) is 0 Å². The topological polar surface area (TPSA) is 49.4 Å². The Morgan fingerprint density at radius 1 is 1.22 bits per heavy atom. The minimum atomic E-state index is -0.855. The number of nitrogens with one attached hydrogen (secondary N) is 1. The predicted octanol–water partition coefficient (Wildman–Crippen LogP) is 1.92. The molecule has 1 aliphatic rings. The molecule has 96 valence electrons. The summed E-state index contributed by atoms with van der Waals surface area (Å²) in [6.07, 6.45) is 0. The van der Waals surface area contributed by atoms with Gasteiger partial charge in [-0.15, -0.1) is 0 Å². The normalized spacial score (nSPS) is 22.9. The van der Waals surface area contributed by atoms with Gasteiger partial charge in [-0.05, 0) is 67.6 Å². The number of anilines is 1. The Hall–Kier alpha value is -1.11. The average Bonchev–Trinajstić information content (AvgIpc) is 2.29. The number of piperazine rings is 1. The Balaban J connectivity index is 2.43. The molecule has 2 rings (SSSR count). The van der Waals surface area contributed by atoms with Crippen molar-refractivity contribution in [3.63, 3.8) is 0 Å². The number of carbonyl (C=O) groups excluding carboxylic acids is 2. The number of carbonyl (C=O) groups is 2. The molecule has 0 radical (unpaired) electrons. The maximum absolute atomic E-state index is 12.4. The largest absolute Gasteiger partial charge is 0.340 e. The number of rotatable bonds is 1. The highest BCUT2D eigenvalue weighted by Crippen LogP contribution is 2.25. The van der Waals surface area contributed by atoms with Crippen molar-refractivity contribution in [3.05, 3.63) is 27.8 Å². The van der Waals surface area contributed by atoms with Gasteiger partial charge in [0.2, 0.25) is 5.91 Å². The summed E-state index contributed by atoms with van der Waals surface area (Å²) in [5.41, 5.74) is -0.0945. The molecular weight excluding hydrogens is 343 g/mol. The van der Waals surface area contributed by atoms with Crippen molar-refractivity contribution in [1.82, 2.24) is 5.32 Å². The fourth-order valence-electron chi connectivity index (χ4n) is 2.00. The number of halogens is 1. The van der Waals surface area contributed by atoms with Gasteiger partial charge in [0.15, 0.2) is 0 Å². The molecule has 1 atom stereocenters. The second kappa shape index (κ2) is 4.53. The third kappa shape index (κ3) is 2.23. The molecule has 0 aromatic heterocycles. The highest BCUT2D eigenvalue weighted by molar-refractivity contribution is 14.1. The van der Waals surface area contributed by atoms with Gasteiger partial charge in [0.1, 0.15) is 11.6 Å². The van der Waals surface area contributed by atoms with E-state index in [0.717, 1.165) is 9.26 Å². The van der Waals surface area contributed by atoms with Crippen LogP contribution in [0.4, 0.5) is 5.69 Å². The summed E-state index contributed by atoms with van der Waals surface area (Å²) in [4.78, 5) is 25.9. The maximum atomic E-state index is 12.4. The number of benzene rings is 1. The summed E-state index contributed by atoms with van der Waals surface area (Å²) in [5, 5.41) is 2.73. The van der Waals surface area contributed by atoms with Crippen LogP contribution in [0.25, 0.3) is 0 Å². The van der Waals surface area contributed by atoms with Crippen molar-refractivity contribution >= 4 is 40.1 Å². The fraction of sp³-hybridized carbons (Fsp3) is 0.385. The summed E-state index contributed by atoms with van der Waals surface area (Å²) in [6, 6.07) is 7.10. The zero-order valence-electron chi connectivity index (χ0n) is 10.5. The van der Waals surface area contributed by atoms with Crippen LogP contribution in [0.2, 0.25) is 0 Å². The second-order valence-corrected chi connectivity index (χ2v) is 6.19. The lowest BCUT2D eigenvalue weighted by Gasteiger charge is -2.41. The van der Waals surface area contributed by atoms with Crippen LogP contribution in [-0.2, 0) is 9.59 Å². The van der Waals surface area contributed by atoms with Crippen molar-refractivity contribution < 1.29 is 9.59 Å². The van der Waals surface area contributed by atoms with Crippen molar-refractivity contribution in [2.24, 2.45) is 0 Å². The first kappa shape index (κ1) is 13.3. The van der Waals surface area contributed by atoms with Crippen LogP contribution in [0.15, 0.2) is 24.3 Å². The lowest BCUT2D eigenvalue weighted by atomic mass is 9.97. The van der Waals surface area contributed by atoms with E-state index in [9.17, 15) is 9.59 Å². The molecule has 18 heavy (non-hydrogen) atoms. The molecule has 1 aromatic carbocycles. The van der Waals surface area contributed by atoms with Crippen LogP contribution < -0.4 is 10.2 Å². The average molecular weight is 358 g/mol. The van der Waals surface area contributed by atoms with Gasteiger partial charge in [-0.25, -0.2) is 0 Å². The van der Waals surface area contributed by atoms with E-state index in [4.69, 9.17) is 0 Å². The Bertz CT molecular complexity index is 496. The molecule has 0 bridgehead atoms. The monoisotopic (exact) mass is 358 g/mol. The molecule has 4 nitrogen and oxygen atoms in total. The van der Waals surface area contributed by atoms with Gasteiger partial charge in [0, 0.05) is 9.26 Å². The van der Waals surface area contributed by atoms with E-state index in [2.05, 4.69) is 27.9 Å². The number of hydrogen-bond acceptors (Lipinski definition) is 2. The smallest absolute Gasteiger partial charge is 0.252 e. The fourth-order valence-corrected chi connectivity index (χ4v) is 2.36. The lowest BCUT2D eigenvalue weighted by Crippen LogP contribution is -2.67. The number of amides is 2. The van der Waals surface area contributed by atoms with Gasteiger partial charge in [-0.1, -0.05) is 0 Å². The minimum absolute atomic E-state index is 0.0872. The summed E-state index contributed by atoms with van der Waals surface area (Å²) in [7, 11) is 0. The van der Waals surface area contributed by atoms with E-state index in [1.807, 2.05) is 24.3 Å². The molecule has 1 aliphatic heterocycles. The van der Waals surface area contributed by atoms with Crippen molar-refractivity contribution in [3.8, 4) is 0 Å². The van der Waals surface area contributed by atoms with Crippen LogP contribution in [0.1, 0.15) is 20.8 Å². The van der Waals surface area contributed by atoms with Crippen LogP contribution in [-0.4, -0.2) is 23.4 Å². The third-order valence-electron chi connectivity index (χ3n) is 3.06. The molecular formula is C13H15IN2O2. The van der Waals surface area contributed by atoms with E-state index in [0.29, 0.717) is 0 Å². The molecule has 1 aromatic rings. The van der Waals surface area contributed by atoms with E-state index in [-0.39, 0.29) is 11.8 Å². The second-order valence-electron chi connectivity index (χ2n) is 4.94. The summed E-state index contributed by atoms with van der Waals surface area (Å²) < 4.78 is 1.09. The Labute approximate surface area is 120 Å². The predicted molar refractivity (Wildman–Crippen MR) is 78.3 cm³/mol. The summed E-state index contributed by atoms with van der Waals surface area (Å²) in [5.74, 6) is -0.214. The zero-order chi connectivity index (χ0) is 13.5. The van der Waals surface area contributed by atoms with Crippen LogP contribution in [0, 0.1) is 3.57 Å². The zero-order valence-corrected chi connectivity index (χ0v) is 12.7. The Kier molecular flexibility index (Phi) is 3.35. The van der Waals surface area contributed by atoms with Crippen LogP contribution >= 0.6 is 22.6 Å². The van der Waals surface area contributed by atoms with Gasteiger partial charge in [-0.2, -0.15) is 0 Å². The van der Waals surface area contributed by atoms with Gasteiger partial charge in [0.25, 0.3) is 5.91 Å². The number of nitrogens with zero attached hydrogens (tertiary/aromatic N) is 1. The maximum Gasteiger partial charge on any atom is 0.252 e. The molecule has 0 aliphatic carbocycles. The first-order chi connectivity index (χ1) is 8.33. The standard InChI is InChI=1S/C13H15IN2O2/c1-8-11(17)15-13(2,3)12(18)16(8)10-6-4-9(14)5-7-10/h4-8H,1-3H3,(H,15,17). The van der Waals surface area contributed by atoms with E-state index < -0.39 is 11.6 Å². The van der Waals surface area contributed by atoms with Gasteiger partial charge < -0.3 is 5.32 Å². The SMILES string of the molecule is CC1C(=O)NC(C)(C)C(=O)N1c1ccc(I)cc1. The number of hydrogen-bond donors (Lipinski definition) is 1. The third-order valence-corrected chi connectivity index (χ3v) is 3.78. The van der Waals surface area contributed by atoms with E-state index in [1.165, 1.54) is 0 Å². The Morgan fingerprint density at radius 2 is 1.78 bits per heavy atom. The van der Waals surface area contributed by atoms with E-state index in [1.54, 1.807) is 25.7 Å². The van der Waals surface area contributed by atoms with Gasteiger partial charge in [-0.3, -0.25) is 14.5 Å². The first-order valence-corrected chi connectivity index (χ1v) is 6.82. The van der Waals surface area contributed by atoms with Crippen molar-refractivity contribution in [2.45, 2.75) is 32.4 Å². The van der Waals surface area contributed by atoms with E-state index >= 15 is 0 Å². The molecule has 5 heteroatoms. The molecule has 1 saturated heterocycles. The Morgan fingerprint density at radius 3 is 2.33 bits per heavy atom. The van der Waals surface area contributed by atoms with Crippen molar-refractivity contribution in [1.29, 1.82) is 0 Å². The molecule has 1 unspecified atom stereocenters. The molecule has 0 spiro atoms. The molecule has 0 saturated carbocycles. The van der Waals surface area contributed by atoms with Gasteiger partial charge in [0.05, 0.1) is 0 Å².